The Kier molecular flexibility index (Phi) is 3.58. The number of rotatable bonds is 6. The molecule has 0 aromatic carbocycles. The van der Waals surface area contributed by atoms with Gasteiger partial charge in [-0.15, -0.1) is 11.3 Å². The molecule has 3 rings (SSSR count). The fraction of sp³-hybridized carbons (Fsp3) is 0.333. The van der Waals surface area contributed by atoms with Crippen molar-refractivity contribution < 1.29 is 4.74 Å². The summed E-state index contributed by atoms with van der Waals surface area (Å²) >= 11 is 1.63. The standard InChI is InChI=1S/C12H15N5OS/c1-18-6-3-13-8-10-11(16-4-2-14-9-16)15-12-17(10)5-7-19-12/h2,4-5,7,9,13H,3,6,8H2,1H3. The summed E-state index contributed by atoms with van der Waals surface area (Å²) in [4.78, 5) is 9.72. The minimum Gasteiger partial charge on any atom is -0.383 e. The Hall–Kier alpha value is -1.70. The van der Waals surface area contributed by atoms with Crippen molar-refractivity contribution >= 4 is 16.3 Å². The molecule has 1 N–H and O–H groups in total. The van der Waals surface area contributed by atoms with Crippen LogP contribution in [0.15, 0.2) is 30.3 Å². The van der Waals surface area contributed by atoms with E-state index in [1.165, 1.54) is 0 Å². The molecule has 100 valence electrons. The molecule has 19 heavy (non-hydrogen) atoms. The normalized spacial score (nSPS) is 11.4. The summed E-state index contributed by atoms with van der Waals surface area (Å²) in [5.74, 6) is 0.925. The van der Waals surface area contributed by atoms with E-state index in [0.29, 0.717) is 6.61 Å². The van der Waals surface area contributed by atoms with Gasteiger partial charge in [0.1, 0.15) is 6.33 Å². The topological polar surface area (TPSA) is 56.4 Å². The van der Waals surface area contributed by atoms with E-state index in [1.54, 1.807) is 31.0 Å². The van der Waals surface area contributed by atoms with E-state index >= 15 is 0 Å². The van der Waals surface area contributed by atoms with Gasteiger partial charge in [-0.25, -0.2) is 9.97 Å². The minimum atomic E-state index is 0.700. The lowest BCUT2D eigenvalue weighted by atomic mass is 10.4. The molecule has 3 aromatic heterocycles. The zero-order valence-corrected chi connectivity index (χ0v) is 11.4. The summed E-state index contributed by atoms with van der Waals surface area (Å²) < 4.78 is 9.09. The quantitative estimate of drug-likeness (QED) is 0.690. The summed E-state index contributed by atoms with van der Waals surface area (Å²) in [6.45, 7) is 2.26. The molecular formula is C12H15N5OS. The lowest BCUT2D eigenvalue weighted by molar-refractivity contribution is 0.199. The fourth-order valence-corrected chi connectivity index (χ4v) is 2.69. The molecule has 0 aliphatic heterocycles. The molecule has 0 bridgehead atoms. The third kappa shape index (κ3) is 2.40. The van der Waals surface area contributed by atoms with Crippen LogP contribution >= 0.6 is 11.3 Å². The van der Waals surface area contributed by atoms with Gasteiger partial charge in [0.2, 0.25) is 0 Å². The summed E-state index contributed by atoms with van der Waals surface area (Å²) in [7, 11) is 1.70. The number of ether oxygens (including phenoxy) is 1. The van der Waals surface area contributed by atoms with Crippen molar-refractivity contribution in [3.63, 3.8) is 0 Å². The van der Waals surface area contributed by atoms with Crippen LogP contribution in [0, 0.1) is 0 Å². The molecular weight excluding hydrogens is 262 g/mol. The fourth-order valence-electron chi connectivity index (χ4n) is 1.96. The van der Waals surface area contributed by atoms with Crippen LogP contribution in [0.25, 0.3) is 10.8 Å². The number of methoxy groups -OCH3 is 1. The third-order valence-electron chi connectivity index (χ3n) is 2.86. The molecule has 0 aliphatic rings. The lowest BCUT2D eigenvalue weighted by Crippen LogP contribution is -2.20. The molecule has 7 heteroatoms. The average Bonchev–Trinajstić information content (AvgIpc) is 3.11. The second-order valence-electron chi connectivity index (χ2n) is 4.08. The lowest BCUT2D eigenvalue weighted by Gasteiger charge is -2.06. The van der Waals surface area contributed by atoms with E-state index in [4.69, 9.17) is 4.74 Å². The Morgan fingerprint density at radius 1 is 1.42 bits per heavy atom. The van der Waals surface area contributed by atoms with Gasteiger partial charge in [-0.2, -0.15) is 0 Å². The van der Waals surface area contributed by atoms with Crippen LogP contribution in [0.1, 0.15) is 5.69 Å². The molecule has 0 amide bonds. The van der Waals surface area contributed by atoms with Gasteiger partial charge in [0.15, 0.2) is 10.8 Å². The predicted octanol–water partition coefficient (Wildman–Crippen LogP) is 1.32. The number of aromatic nitrogens is 4. The number of thiazole rings is 1. The van der Waals surface area contributed by atoms with E-state index in [1.807, 2.05) is 22.3 Å². The first kappa shape index (κ1) is 12.3. The van der Waals surface area contributed by atoms with Crippen molar-refractivity contribution in [2.24, 2.45) is 0 Å². The van der Waals surface area contributed by atoms with Crippen molar-refractivity contribution in [3.8, 4) is 5.82 Å². The Labute approximate surface area is 114 Å². The molecule has 3 aromatic rings. The number of hydrogen-bond acceptors (Lipinski definition) is 5. The van der Waals surface area contributed by atoms with Gasteiger partial charge in [-0.1, -0.05) is 0 Å². The van der Waals surface area contributed by atoms with E-state index in [-0.39, 0.29) is 0 Å². The maximum Gasteiger partial charge on any atom is 0.195 e. The summed E-state index contributed by atoms with van der Waals surface area (Å²) in [5.41, 5.74) is 1.13. The van der Waals surface area contributed by atoms with E-state index in [0.717, 1.165) is 29.6 Å². The highest BCUT2D eigenvalue weighted by molar-refractivity contribution is 7.15. The second kappa shape index (κ2) is 5.52. The highest BCUT2D eigenvalue weighted by Gasteiger charge is 2.13. The van der Waals surface area contributed by atoms with Gasteiger partial charge in [-0.3, -0.25) is 8.97 Å². The summed E-state index contributed by atoms with van der Waals surface area (Å²) in [5, 5.41) is 5.40. The number of nitrogens with one attached hydrogen (secondary N) is 1. The number of hydrogen-bond donors (Lipinski definition) is 1. The summed E-state index contributed by atoms with van der Waals surface area (Å²) in [6, 6.07) is 0. The first-order valence-corrected chi connectivity index (χ1v) is 6.90. The first-order valence-electron chi connectivity index (χ1n) is 6.02. The monoisotopic (exact) mass is 277 g/mol. The molecule has 0 spiro atoms. The maximum absolute atomic E-state index is 5.04. The van der Waals surface area contributed by atoms with Gasteiger partial charge >= 0.3 is 0 Å². The van der Waals surface area contributed by atoms with Crippen LogP contribution in [0.2, 0.25) is 0 Å². The molecule has 0 aliphatic carbocycles. The number of nitrogens with zero attached hydrogens (tertiary/aromatic N) is 4. The SMILES string of the molecule is COCCNCc1c(-n2ccnc2)nc2sccn12. The molecule has 6 nitrogen and oxygen atoms in total. The number of imidazole rings is 2. The van der Waals surface area contributed by atoms with Crippen LogP contribution < -0.4 is 5.32 Å². The van der Waals surface area contributed by atoms with Crippen LogP contribution in [0.3, 0.4) is 0 Å². The van der Waals surface area contributed by atoms with Gasteiger partial charge in [-0.05, 0) is 0 Å². The summed E-state index contributed by atoms with van der Waals surface area (Å²) in [6.07, 6.45) is 7.48. The van der Waals surface area contributed by atoms with Crippen LogP contribution in [0.5, 0.6) is 0 Å². The largest absolute Gasteiger partial charge is 0.383 e. The van der Waals surface area contributed by atoms with Crippen LogP contribution in [0.4, 0.5) is 0 Å². The smallest absolute Gasteiger partial charge is 0.195 e. The van der Waals surface area contributed by atoms with Crippen molar-refractivity contribution in [3.05, 3.63) is 36.0 Å². The number of fused-ring (bicyclic) bond motifs is 1. The van der Waals surface area contributed by atoms with Gasteiger partial charge in [0.05, 0.1) is 12.3 Å². The zero-order chi connectivity index (χ0) is 13.1. The Balaban J connectivity index is 1.90. The van der Waals surface area contributed by atoms with Crippen LogP contribution in [-0.2, 0) is 11.3 Å². The van der Waals surface area contributed by atoms with Crippen molar-refractivity contribution in [2.75, 3.05) is 20.3 Å². The van der Waals surface area contributed by atoms with Crippen molar-refractivity contribution in [1.82, 2.24) is 24.3 Å². The molecule has 0 radical (unpaired) electrons. The van der Waals surface area contributed by atoms with Crippen molar-refractivity contribution in [1.29, 1.82) is 0 Å². The molecule has 0 unspecified atom stereocenters. The first-order chi connectivity index (χ1) is 9.40. The Bertz CT molecular complexity index is 642. The molecule has 0 atom stereocenters. The van der Waals surface area contributed by atoms with E-state index in [9.17, 15) is 0 Å². The predicted molar refractivity (Wildman–Crippen MR) is 73.8 cm³/mol. The average molecular weight is 277 g/mol. The zero-order valence-electron chi connectivity index (χ0n) is 10.6. The van der Waals surface area contributed by atoms with Gasteiger partial charge < -0.3 is 10.1 Å². The molecule has 0 saturated carbocycles. The van der Waals surface area contributed by atoms with Crippen LogP contribution in [-0.4, -0.2) is 39.2 Å². The Morgan fingerprint density at radius 3 is 3.16 bits per heavy atom. The minimum absolute atomic E-state index is 0.700. The maximum atomic E-state index is 5.04. The van der Waals surface area contributed by atoms with E-state index < -0.39 is 0 Å². The highest BCUT2D eigenvalue weighted by Crippen LogP contribution is 2.20. The van der Waals surface area contributed by atoms with Crippen molar-refractivity contribution in [2.45, 2.75) is 6.54 Å². The molecule has 3 heterocycles. The Morgan fingerprint density at radius 2 is 2.37 bits per heavy atom. The second-order valence-corrected chi connectivity index (χ2v) is 4.95. The highest BCUT2D eigenvalue weighted by atomic mass is 32.1. The third-order valence-corrected chi connectivity index (χ3v) is 3.62. The molecule has 0 saturated heterocycles. The van der Waals surface area contributed by atoms with Gasteiger partial charge in [0, 0.05) is 44.2 Å². The van der Waals surface area contributed by atoms with Gasteiger partial charge in [0.25, 0.3) is 0 Å². The molecule has 0 fully saturated rings. The van der Waals surface area contributed by atoms with E-state index in [2.05, 4.69) is 19.7 Å².